The number of nitrogens with one attached hydrogen (secondary N) is 1. The third kappa shape index (κ3) is 2.59. The molecule has 0 amide bonds. The van der Waals surface area contributed by atoms with E-state index in [9.17, 15) is 13.2 Å². The van der Waals surface area contributed by atoms with Crippen molar-refractivity contribution >= 4 is 22.1 Å². The zero-order chi connectivity index (χ0) is 19.3. The molecule has 0 aliphatic rings. The van der Waals surface area contributed by atoms with E-state index in [1.165, 1.54) is 6.07 Å². The first-order valence-electron chi connectivity index (χ1n) is 8.31. The van der Waals surface area contributed by atoms with E-state index in [1.807, 2.05) is 12.1 Å². The molecule has 0 spiro atoms. The summed E-state index contributed by atoms with van der Waals surface area (Å²) in [6.45, 7) is 0. The Morgan fingerprint density at radius 1 is 0.929 bits per heavy atom. The fourth-order valence-corrected chi connectivity index (χ4v) is 3.12. The Balaban J connectivity index is 1.84. The lowest BCUT2D eigenvalue weighted by atomic mass is 10.2. The van der Waals surface area contributed by atoms with Gasteiger partial charge in [-0.25, -0.2) is 9.97 Å². The van der Waals surface area contributed by atoms with Crippen LogP contribution in [0.15, 0.2) is 61.1 Å². The Morgan fingerprint density at radius 3 is 2.54 bits per heavy atom. The van der Waals surface area contributed by atoms with Gasteiger partial charge in [0, 0.05) is 29.0 Å². The van der Waals surface area contributed by atoms with Gasteiger partial charge >= 0.3 is 6.18 Å². The largest absolute Gasteiger partial charge is 0.433 e. The van der Waals surface area contributed by atoms with Gasteiger partial charge in [0.2, 0.25) is 0 Å². The van der Waals surface area contributed by atoms with E-state index in [0.29, 0.717) is 22.6 Å². The van der Waals surface area contributed by atoms with E-state index in [2.05, 4.69) is 25.1 Å². The number of nitrogens with zero attached hydrogens (tertiary/aromatic N) is 5. The molecule has 4 aromatic heterocycles. The van der Waals surface area contributed by atoms with Crippen LogP contribution in [-0.4, -0.2) is 29.7 Å². The van der Waals surface area contributed by atoms with Crippen molar-refractivity contribution in [2.24, 2.45) is 0 Å². The summed E-state index contributed by atoms with van der Waals surface area (Å²) >= 11 is 0. The molecule has 138 valence electrons. The zero-order valence-electron chi connectivity index (χ0n) is 14.1. The average molecular weight is 380 g/mol. The number of aromatic amines is 1. The molecule has 6 nitrogen and oxygen atoms in total. The Labute approximate surface area is 155 Å². The van der Waals surface area contributed by atoms with Gasteiger partial charge in [-0.15, -0.1) is 0 Å². The van der Waals surface area contributed by atoms with Crippen molar-refractivity contribution in [3.8, 4) is 17.1 Å². The van der Waals surface area contributed by atoms with E-state index in [0.717, 1.165) is 17.0 Å². The van der Waals surface area contributed by atoms with Crippen molar-refractivity contribution in [2.75, 3.05) is 0 Å². The monoisotopic (exact) mass is 380 g/mol. The number of pyridine rings is 2. The second-order valence-electron chi connectivity index (χ2n) is 6.19. The van der Waals surface area contributed by atoms with E-state index in [-0.39, 0.29) is 5.65 Å². The van der Waals surface area contributed by atoms with Crippen molar-refractivity contribution in [2.45, 2.75) is 6.18 Å². The molecule has 0 unspecified atom stereocenters. The topological polar surface area (TPSA) is 72.3 Å². The Bertz CT molecular complexity index is 1300. The quantitative estimate of drug-likeness (QED) is 0.493. The van der Waals surface area contributed by atoms with Crippen LogP contribution in [0, 0.1) is 0 Å². The number of rotatable bonds is 2. The molecule has 0 aliphatic carbocycles. The molecule has 0 radical (unpaired) electrons. The Kier molecular flexibility index (Phi) is 3.45. The van der Waals surface area contributed by atoms with Crippen molar-refractivity contribution in [1.29, 1.82) is 0 Å². The SMILES string of the molecule is FC(F)(F)c1ccc2nc(-c3ccncc3)n(-c3ccc4[nH]ncc4c3)c2n1. The van der Waals surface area contributed by atoms with Gasteiger partial charge < -0.3 is 0 Å². The number of benzene rings is 1. The average Bonchev–Trinajstić information content (AvgIpc) is 3.31. The first-order chi connectivity index (χ1) is 13.5. The van der Waals surface area contributed by atoms with Gasteiger partial charge in [-0.3, -0.25) is 14.6 Å². The molecule has 5 aromatic rings. The minimum absolute atomic E-state index is 0.129. The molecule has 1 N–H and O–H groups in total. The fourth-order valence-electron chi connectivity index (χ4n) is 3.12. The van der Waals surface area contributed by atoms with E-state index in [4.69, 9.17) is 0 Å². The molecule has 28 heavy (non-hydrogen) atoms. The molecule has 4 heterocycles. The molecule has 1 aromatic carbocycles. The van der Waals surface area contributed by atoms with Crippen LogP contribution in [0.25, 0.3) is 39.1 Å². The summed E-state index contributed by atoms with van der Waals surface area (Å²) < 4.78 is 41.3. The van der Waals surface area contributed by atoms with Crippen LogP contribution in [0.1, 0.15) is 5.69 Å². The van der Waals surface area contributed by atoms with Gasteiger partial charge in [0.1, 0.15) is 17.0 Å². The number of alkyl halides is 3. The van der Waals surface area contributed by atoms with Crippen LogP contribution < -0.4 is 0 Å². The van der Waals surface area contributed by atoms with Gasteiger partial charge in [0.25, 0.3) is 0 Å². The summed E-state index contributed by atoms with van der Waals surface area (Å²) in [4.78, 5) is 12.4. The fraction of sp³-hybridized carbons (Fsp3) is 0.0526. The van der Waals surface area contributed by atoms with Crippen molar-refractivity contribution in [3.05, 3.63) is 66.7 Å². The van der Waals surface area contributed by atoms with Crippen LogP contribution in [0.3, 0.4) is 0 Å². The van der Waals surface area contributed by atoms with Crippen LogP contribution in [0.4, 0.5) is 13.2 Å². The maximum atomic E-state index is 13.2. The first kappa shape index (κ1) is 16.4. The number of fused-ring (bicyclic) bond motifs is 2. The number of H-pyrrole nitrogens is 1. The van der Waals surface area contributed by atoms with Gasteiger partial charge in [-0.2, -0.15) is 18.3 Å². The third-order valence-electron chi connectivity index (χ3n) is 4.42. The second-order valence-corrected chi connectivity index (χ2v) is 6.19. The number of aromatic nitrogens is 6. The maximum Gasteiger partial charge on any atom is 0.433 e. The Morgan fingerprint density at radius 2 is 1.75 bits per heavy atom. The highest BCUT2D eigenvalue weighted by Gasteiger charge is 2.33. The highest BCUT2D eigenvalue weighted by Crippen LogP contribution is 2.32. The first-order valence-corrected chi connectivity index (χ1v) is 8.31. The molecule has 9 heteroatoms. The summed E-state index contributed by atoms with van der Waals surface area (Å²) in [5, 5.41) is 7.67. The molecule has 5 rings (SSSR count). The summed E-state index contributed by atoms with van der Waals surface area (Å²) in [5.41, 5.74) is 1.70. The number of hydrogen-bond acceptors (Lipinski definition) is 4. The van der Waals surface area contributed by atoms with Gasteiger partial charge in [-0.05, 0) is 42.5 Å². The lowest BCUT2D eigenvalue weighted by Gasteiger charge is -2.10. The van der Waals surface area contributed by atoms with Crippen molar-refractivity contribution in [1.82, 2.24) is 29.7 Å². The van der Waals surface area contributed by atoms with Crippen LogP contribution in [0.2, 0.25) is 0 Å². The minimum Gasteiger partial charge on any atom is -0.278 e. The Hall–Kier alpha value is -3.75. The van der Waals surface area contributed by atoms with Crippen LogP contribution in [0.5, 0.6) is 0 Å². The summed E-state index contributed by atoms with van der Waals surface area (Å²) in [6, 6.07) is 11.2. The van der Waals surface area contributed by atoms with E-state index in [1.54, 1.807) is 41.4 Å². The molecule has 0 bridgehead atoms. The molecular weight excluding hydrogens is 369 g/mol. The smallest absolute Gasteiger partial charge is 0.278 e. The third-order valence-corrected chi connectivity index (χ3v) is 4.42. The van der Waals surface area contributed by atoms with Crippen LogP contribution in [-0.2, 0) is 6.18 Å². The molecule has 0 aliphatic heterocycles. The minimum atomic E-state index is -4.55. The van der Waals surface area contributed by atoms with E-state index >= 15 is 0 Å². The standard InChI is InChI=1S/C19H11F3N6/c20-19(21,22)16-4-3-15-18(26-16)28(17(25-15)11-5-7-23-8-6-11)13-1-2-14-12(9-13)10-24-27-14/h1-10H,(H,24,27). The van der Waals surface area contributed by atoms with Crippen LogP contribution >= 0.6 is 0 Å². The second kappa shape index (κ2) is 5.88. The summed E-state index contributed by atoms with van der Waals surface area (Å²) in [7, 11) is 0. The van der Waals surface area contributed by atoms with E-state index < -0.39 is 11.9 Å². The highest BCUT2D eigenvalue weighted by molar-refractivity contribution is 5.84. The summed E-state index contributed by atoms with van der Waals surface area (Å²) in [6.07, 6.45) is 0.312. The predicted octanol–water partition coefficient (Wildman–Crippen LogP) is 4.38. The predicted molar refractivity (Wildman–Crippen MR) is 96.7 cm³/mol. The zero-order valence-corrected chi connectivity index (χ0v) is 14.1. The molecule has 0 fully saturated rings. The van der Waals surface area contributed by atoms with Gasteiger partial charge in [0.05, 0.1) is 11.7 Å². The summed E-state index contributed by atoms with van der Waals surface area (Å²) in [5.74, 6) is 0.479. The number of halogens is 3. The molecule has 0 atom stereocenters. The molecule has 0 saturated carbocycles. The van der Waals surface area contributed by atoms with Crippen molar-refractivity contribution < 1.29 is 13.2 Å². The van der Waals surface area contributed by atoms with Crippen molar-refractivity contribution in [3.63, 3.8) is 0 Å². The van der Waals surface area contributed by atoms with Gasteiger partial charge in [0.15, 0.2) is 5.65 Å². The molecule has 0 saturated heterocycles. The highest BCUT2D eigenvalue weighted by atomic mass is 19.4. The number of hydrogen-bond donors (Lipinski definition) is 1. The lowest BCUT2D eigenvalue weighted by molar-refractivity contribution is -0.141. The van der Waals surface area contributed by atoms with Gasteiger partial charge in [-0.1, -0.05) is 0 Å². The lowest BCUT2D eigenvalue weighted by Crippen LogP contribution is -2.08. The normalized spacial score (nSPS) is 12.1. The maximum absolute atomic E-state index is 13.2. The number of imidazole rings is 1. The molecular formula is C19H11F3N6.